The predicted octanol–water partition coefficient (Wildman–Crippen LogP) is 2.02. The lowest BCUT2D eigenvalue weighted by Gasteiger charge is -2.15. The van der Waals surface area contributed by atoms with Gasteiger partial charge < -0.3 is 11.1 Å². The lowest BCUT2D eigenvalue weighted by molar-refractivity contribution is 0.102. The Bertz CT molecular complexity index is 1090. The number of nitrogens with zero attached hydrogens (tertiary/aromatic N) is 2. The van der Waals surface area contributed by atoms with Gasteiger partial charge in [0, 0.05) is 17.8 Å². The minimum Gasteiger partial charge on any atom is -0.384 e. The van der Waals surface area contributed by atoms with Gasteiger partial charge in [0.2, 0.25) is 0 Å². The summed E-state index contributed by atoms with van der Waals surface area (Å²) >= 11 is 5.82. The molecule has 7 nitrogen and oxygen atoms in total. The summed E-state index contributed by atoms with van der Waals surface area (Å²) < 4.78 is 1.97. The fourth-order valence-electron chi connectivity index (χ4n) is 2.50. The van der Waals surface area contributed by atoms with E-state index >= 15 is 0 Å². The van der Waals surface area contributed by atoms with Crippen molar-refractivity contribution in [3.63, 3.8) is 0 Å². The molecule has 3 N–H and O–H groups in total. The SMILES string of the molecule is Cn1c(=O)c(C(=O)Nc2ccc(Cl)cc2)c(N)n(-c2ccccc2)c1=O. The van der Waals surface area contributed by atoms with Crippen molar-refractivity contribution in [2.24, 2.45) is 7.05 Å². The highest BCUT2D eigenvalue weighted by atomic mass is 35.5. The molecular weight excluding hydrogens is 356 g/mol. The second kappa shape index (κ2) is 6.89. The number of nitrogens with one attached hydrogen (secondary N) is 1. The summed E-state index contributed by atoms with van der Waals surface area (Å²) in [4.78, 5) is 37.6. The molecule has 0 aliphatic heterocycles. The van der Waals surface area contributed by atoms with Crippen molar-refractivity contribution >= 4 is 29.0 Å². The quantitative estimate of drug-likeness (QED) is 0.736. The van der Waals surface area contributed by atoms with Gasteiger partial charge in [0.15, 0.2) is 0 Å². The second-order valence-corrected chi connectivity index (χ2v) is 5.98. The molecule has 0 unspecified atom stereocenters. The molecule has 8 heteroatoms. The highest BCUT2D eigenvalue weighted by Gasteiger charge is 2.22. The van der Waals surface area contributed by atoms with Crippen LogP contribution in [0.2, 0.25) is 5.02 Å². The molecule has 0 aliphatic rings. The fraction of sp³-hybridized carbons (Fsp3) is 0.0556. The van der Waals surface area contributed by atoms with Crippen LogP contribution in [-0.4, -0.2) is 15.0 Å². The first kappa shape index (κ1) is 17.5. The van der Waals surface area contributed by atoms with Crippen LogP contribution in [0.4, 0.5) is 11.5 Å². The Hall–Kier alpha value is -3.32. The zero-order valence-electron chi connectivity index (χ0n) is 13.8. The molecule has 0 saturated carbocycles. The van der Waals surface area contributed by atoms with Crippen LogP contribution < -0.4 is 22.3 Å². The van der Waals surface area contributed by atoms with Crippen molar-refractivity contribution in [2.45, 2.75) is 0 Å². The number of carbonyl (C=O) groups excluding carboxylic acids is 1. The molecule has 0 radical (unpaired) electrons. The molecular formula is C18H15ClN4O3. The summed E-state index contributed by atoms with van der Waals surface area (Å²) in [7, 11) is 1.29. The number of para-hydroxylation sites is 1. The van der Waals surface area contributed by atoms with Gasteiger partial charge >= 0.3 is 5.69 Å². The van der Waals surface area contributed by atoms with Crippen LogP contribution in [0.5, 0.6) is 0 Å². The van der Waals surface area contributed by atoms with Crippen molar-refractivity contribution in [3.8, 4) is 5.69 Å². The smallest absolute Gasteiger partial charge is 0.336 e. The molecule has 2 aromatic carbocycles. The number of benzene rings is 2. The van der Waals surface area contributed by atoms with Crippen LogP contribution in [0.1, 0.15) is 10.4 Å². The number of hydrogen-bond acceptors (Lipinski definition) is 4. The van der Waals surface area contributed by atoms with Crippen LogP contribution in [0.3, 0.4) is 0 Å². The number of hydrogen-bond donors (Lipinski definition) is 2. The maximum Gasteiger partial charge on any atom is 0.336 e. The highest BCUT2D eigenvalue weighted by molar-refractivity contribution is 6.30. The molecule has 0 saturated heterocycles. The van der Waals surface area contributed by atoms with E-state index in [0.717, 1.165) is 9.13 Å². The maximum absolute atomic E-state index is 12.6. The van der Waals surface area contributed by atoms with E-state index in [9.17, 15) is 14.4 Å². The van der Waals surface area contributed by atoms with Gasteiger partial charge in [-0.3, -0.25) is 14.2 Å². The number of nitrogens with two attached hydrogens (primary N) is 1. The topological polar surface area (TPSA) is 99.1 Å². The molecule has 1 heterocycles. The van der Waals surface area contributed by atoms with E-state index in [1.165, 1.54) is 7.05 Å². The van der Waals surface area contributed by atoms with Crippen molar-refractivity contribution in [1.82, 2.24) is 9.13 Å². The summed E-state index contributed by atoms with van der Waals surface area (Å²) in [5.74, 6) is -0.939. The van der Waals surface area contributed by atoms with E-state index in [2.05, 4.69) is 5.32 Å². The number of anilines is 2. The van der Waals surface area contributed by atoms with Crippen molar-refractivity contribution in [1.29, 1.82) is 0 Å². The maximum atomic E-state index is 12.6. The molecule has 1 aromatic heterocycles. The lowest BCUT2D eigenvalue weighted by Crippen LogP contribution is -2.43. The molecule has 3 aromatic rings. The normalized spacial score (nSPS) is 10.5. The van der Waals surface area contributed by atoms with Crippen LogP contribution in [0.15, 0.2) is 64.2 Å². The van der Waals surface area contributed by atoms with Crippen molar-refractivity contribution in [3.05, 3.63) is 86.0 Å². The van der Waals surface area contributed by atoms with Gasteiger partial charge in [-0.15, -0.1) is 0 Å². The highest BCUT2D eigenvalue weighted by Crippen LogP contribution is 2.16. The molecule has 0 aliphatic carbocycles. The largest absolute Gasteiger partial charge is 0.384 e. The number of amides is 1. The van der Waals surface area contributed by atoms with E-state index in [1.807, 2.05) is 0 Å². The van der Waals surface area contributed by atoms with Gasteiger partial charge in [-0.1, -0.05) is 29.8 Å². The number of rotatable bonds is 3. The summed E-state index contributed by atoms with van der Waals surface area (Å²) in [6, 6.07) is 14.9. The third-order valence-corrected chi connectivity index (χ3v) is 4.09. The van der Waals surface area contributed by atoms with E-state index in [4.69, 9.17) is 17.3 Å². The first-order valence-corrected chi connectivity index (χ1v) is 8.02. The zero-order chi connectivity index (χ0) is 18.8. The summed E-state index contributed by atoms with van der Waals surface area (Å²) in [6.07, 6.45) is 0. The Morgan fingerprint density at radius 1 is 1.04 bits per heavy atom. The molecule has 132 valence electrons. The summed E-state index contributed by atoms with van der Waals surface area (Å²) in [5.41, 5.74) is 5.20. The van der Waals surface area contributed by atoms with Gasteiger partial charge in [0.25, 0.3) is 11.5 Å². The first-order valence-electron chi connectivity index (χ1n) is 7.64. The Balaban J connectivity index is 2.14. The number of nitrogen functional groups attached to an aromatic ring is 1. The number of carbonyl (C=O) groups is 1. The van der Waals surface area contributed by atoms with Gasteiger partial charge in [-0.25, -0.2) is 9.36 Å². The van der Waals surface area contributed by atoms with Crippen molar-refractivity contribution < 1.29 is 4.79 Å². The average Bonchev–Trinajstić information content (AvgIpc) is 2.63. The second-order valence-electron chi connectivity index (χ2n) is 5.54. The Kier molecular flexibility index (Phi) is 4.64. The predicted molar refractivity (Wildman–Crippen MR) is 101 cm³/mol. The van der Waals surface area contributed by atoms with Gasteiger partial charge in [0.05, 0.1) is 5.69 Å². The average molecular weight is 371 g/mol. The van der Waals surface area contributed by atoms with Gasteiger partial charge in [-0.05, 0) is 36.4 Å². The van der Waals surface area contributed by atoms with E-state index < -0.39 is 17.2 Å². The van der Waals surface area contributed by atoms with Crippen molar-refractivity contribution in [2.75, 3.05) is 11.1 Å². The van der Waals surface area contributed by atoms with Crippen LogP contribution in [-0.2, 0) is 7.05 Å². The molecule has 0 fully saturated rings. The van der Waals surface area contributed by atoms with E-state index in [1.54, 1.807) is 54.6 Å². The third kappa shape index (κ3) is 3.12. The van der Waals surface area contributed by atoms with Crippen LogP contribution in [0.25, 0.3) is 5.69 Å². The summed E-state index contributed by atoms with van der Waals surface area (Å²) in [5, 5.41) is 3.10. The lowest BCUT2D eigenvalue weighted by atomic mass is 10.2. The van der Waals surface area contributed by atoms with Gasteiger partial charge in [-0.2, -0.15) is 0 Å². The first-order chi connectivity index (χ1) is 12.4. The van der Waals surface area contributed by atoms with Crippen LogP contribution >= 0.6 is 11.6 Å². The standard InChI is InChI=1S/C18H15ClN4O3/c1-22-17(25)14(16(24)21-12-9-7-11(19)8-10-12)15(20)23(18(22)26)13-5-3-2-4-6-13/h2-10H,20H2,1H3,(H,21,24). The Morgan fingerprint density at radius 2 is 1.65 bits per heavy atom. The fourth-order valence-corrected chi connectivity index (χ4v) is 2.62. The molecule has 0 atom stereocenters. The molecule has 0 spiro atoms. The molecule has 1 amide bonds. The Morgan fingerprint density at radius 3 is 2.27 bits per heavy atom. The van der Waals surface area contributed by atoms with E-state index in [-0.39, 0.29) is 11.4 Å². The minimum absolute atomic E-state index is 0.226. The number of aromatic nitrogens is 2. The third-order valence-electron chi connectivity index (χ3n) is 3.84. The molecule has 0 bridgehead atoms. The minimum atomic E-state index is -0.772. The molecule has 3 rings (SSSR count). The van der Waals surface area contributed by atoms with E-state index in [0.29, 0.717) is 16.4 Å². The Labute approximate surface area is 153 Å². The molecule has 26 heavy (non-hydrogen) atoms. The van der Waals surface area contributed by atoms with Crippen LogP contribution in [0, 0.1) is 0 Å². The summed E-state index contributed by atoms with van der Waals surface area (Å²) in [6.45, 7) is 0. The number of halogens is 1. The monoisotopic (exact) mass is 370 g/mol. The zero-order valence-corrected chi connectivity index (χ0v) is 14.5. The van der Waals surface area contributed by atoms with Gasteiger partial charge in [0.1, 0.15) is 11.4 Å².